The van der Waals surface area contributed by atoms with Gasteiger partial charge in [-0.3, -0.25) is 29.3 Å². The number of imide groups is 1. The molecule has 2 heterocycles. The van der Waals surface area contributed by atoms with Crippen molar-refractivity contribution in [3.63, 3.8) is 0 Å². The first-order chi connectivity index (χ1) is 25.7. The maximum Gasteiger partial charge on any atom is 0.255 e. The highest BCUT2D eigenvalue weighted by Gasteiger charge is 2.40. The van der Waals surface area contributed by atoms with Crippen molar-refractivity contribution in [2.45, 2.75) is 44.7 Å². The van der Waals surface area contributed by atoms with Gasteiger partial charge in [-0.25, -0.2) is 0 Å². The van der Waals surface area contributed by atoms with Crippen molar-refractivity contribution in [1.82, 2.24) is 15.1 Å². The number of halogens is 1. The van der Waals surface area contributed by atoms with Crippen molar-refractivity contribution >= 4 is 58.0 Å². The minimum atomic E-state index is -0.753. The van der Waals surface area contributed by atoms with Gasteiger partial charge in [0, 0.05) is 55.5 Å². The summed E-state index contributed by atoms with van der Waals surface area (Å²) in [6, 6.07) is 32.7. The number of anilines is 1. The Kier molecular flexibility index (Phi) is 12.0. The largest absolute Gasteiger partial charge is 0.492 e. The number of nitrogens with one attached hydrogen (secondary N) is 2. The molecular weight excluding hydrogens is 692 g/mol. The van der Waals surface area contributed by atoms with Crippen molar-refractivity contribution in [1.29, 1.82) is 0 Å². The number of hydrogen-bond acceptors (Lipinski definition) is 6. The number of nitrogens with zero attached hydrogens (tertiary/aromatic N) is 2. The molecule has 2 N–H and O–H groups in total. The molecule has 0 spiro atoms. The van der Waals surface area contributed by atoms with Crippen molar-refractivity contribution in [3.05, 3.63) is 131 Å². The highest BCUT2D eigenvalue weighted by Crippen LogP contribution is 2.36. The van der Waals surface area contributed by atoms with E-state index in [2.05, 4.69) is 34.9 Å². The number of carbonyl (C=O) groups is 5. The van der Waals surface area contributed by atoms with E-state index < -0.39 is 11.9 Å². The molecule has 1 saturated heterocycles. The van der Waals surface area contributed by atoms with Crippen LogP contribution in [0.2, 0.25) is 0 Å². The van der Waals surface area contributed by atoms with Gasteiger partial charge in [0.2, 0.25) is 23.6 Å². The van der Waals surface area contributed by atoms with E-state index in [4.69, 9.17) is 16.3 Å². The first kappa shape index (κ1) is 37.0. The lowest BCUT2D eigenvalue weighted by Crippen LogP contribution is -2.52. The van der Waals surface area contributed by atoms with E-state index in [1.165, 1.54) is 9.80 Å². The Bertz CT molecular complexity index is 2020. The number of ether oxygens (including phenoxy) is 1. The zero-order chi connectivity index (χ0) is 37.3. The number of alkyl halides is 1. The Morgan fingerprint density at radius 3 is 2.21 bits per heavy atom. The SMILES string of the molecule is CN(CCOc1ccc(C(=C(CCCl)c2ccccc2)c2ccccc2)cc1)C(=O)CCC(=O)Nc1cccc2c1CN(C1CCC(=O)NC1=O)C2=O. The first-order valence-corrected chi connectivity index (χ1v) is 18.2. The van der Waals surface area contributed by atoms with Gasteiger partial charge in [-0.2, -0.15) is 0 Å². The molecular formula is C42H41ClN4O6. The molecule has 1 unspecified atom stereocenters. The molecule has 0 bridgehead atoms. The lowest BCUT2D eigenvalue weighted by atomic mass is 9.88. The highest BCUT2D eigenvalue weighted by atomic mass is 35.5. The fourth-order valence-electron chi connectivity index (χ4n) is 6.74. The molecule has 0 radical (unpaired) electrons. The normalized spacial score (nSPS) is 15.7. The predicted molar refractivity (Wildman–Crippen MR) is 204 cm³/mol. The highest BCUT2D eigenvalue weighted by molar-refractivity contribution is 6.18. The number of benzene rings is 4. The minimum absolute atomic E-state index is 0.00592. The second kappa shape index (κ2) is 17.2. The molecule has 11 heteroatoms. The Morgan fingerprint density at radius 2 is 1.53 bits per heavy atom. The Labute approximate surface area is 313 Å². The topological polar surface area (TPSA) is 125 Å². The number of allylic oxidation sites excluding steroid dienone is 1. The Hall–Kier alpha value is -5.74. The second-order valence-electron chi connectivity index (χ2n) is 13.0. The van der Waals surface area contributed by atoms with Gasteiger partial charge in [0.15, 0.2) is 0 Å². The fraction of sp³-hybridized carbons (Fsp3) is 0.262. The minimum Gasteiger partial charge on any atom is -0.492 e. The monoisotopic (exact) mass is 732 g/mol. The van der Waals surface area contributed by atoms with Crippen LogP contribution < -0.4 is 15.4 Å². The molecule has 10 nitrogen and oxygen atoms in total. The molecule has 0 aromatic heterocycles. The third kappa shape index (κ3) is 8.84. The van der Waals surface area contributed by atoms with Crippen molar-refractivity contribution in [3.8, 4) is 5.75 Å². The molecule has 1 atom stereocenters. The van der Waals surface area contributed by atoms with Crippen LogP contribution in [0.5, 0.6) is 5.75 Å². The summed E-state index contributed by atoms with van der Waals surface area (Å²) in [4.78, 5) is 65.9. The predicted octanol–water partition coefficient (Wildman–Crippen LogP) is 6.29. The van der Waals surface area contributed by atoms with E-state index in [0.717, 1.165) is 27.8 Å². The summed E-state index contributed by atoms with van der Waals surface area (Å²) in [5.74, 6) is -0.596. The zero-order valence-electron chi connectivity index (χ0n) is 29.5. The van der Waals surface area contributed by atoms with Crippen LogP contribution in [0.1, 0.15) is 64.7 Å². The van der Waals surface area contributed by atoms with Crippen LogP contribution in [-0.2, 0) is 25.7 Å². The van der Waals surface area contributed by atoms with Crippen molar-refractivity contribution in [2.24, 2.45) is 0 Å². The van der Waals surface area contributed by atoms with Gasteiger partial charge in [0.1, 0.15) is 18.4 Å². The molecule has 4 aromatic carbocycles. The van der Waals surface area contributed by atoms with E-state index in [1.807, 2.05) is 60.7 Å². The van der Waals surface area contributed by atoms with Gasteiger partial charge < -0.3 is 19.9 Å². The van der Waals surface area contributed by atoms with Crippen LogP contribution in [0.25, 0.3) is 11.1 Å². The smallest absolute Gasteiger partial charge is 0.255 e. The number of amides is 5. The lowest BCUT2D eigenvalue weighted by Gasteiger charge is -2.29. The molecule has 0 aliphatic carbocycles. The summed E-state index contributed by atoms with van der Waals surface area (Å²) in [6.45, 7) is 0.731. The van der Waals surface area contributed by atoms with Gasteiger partial charge in [-0.15, -0.1) is 11.6 Å². The van der Waals surface area contributed by atoms with Gasteiger partial charge >= 0.3 is 0 Å². The summed E-state index contributed by atoms with van der Waals surface area (Å²) in [7, 11) is 1.67. The van der Waals surface area contributed by atoms with Gasteiger partial charge in [-0.05, 0) is 64.9 Å². The summed E-state index contributed by atoms with van der Waals surface area (Å²) in [5, 5.41) is 5.12. The molecule has 4 aromatic rings. The number of hydrogen-bond donors (Lipinski definition) is 2. The quantitative estimate of drug-likeness (QED) is 0.0892. The zero-order valence-corrected chi connectivity index (χ0v) is 30.2. The van der Waals surface area contributed by atoms with Gasteiger partial charge in [0.25, 0.3) is 5.91 Å². The summed E-state index contributed by atoms with van der Waals surface area (Å²) in [5.41, 5.74) is 6.98. The molecule has 6 rings (SSSR count). The first-order valence-electron chi connectivity index (χ1n) is 17.7. The average molecular weight is 733 g/mol. The molecule has 1 fully saturated rings. The van der Waals surface area contributed by atoms with Crippen LogP contribution in [0.3, 0.4) is 0 Å². The van der Waals surface area contributed by atoms with E-state index in [9.17, 15) is 24.0 Å². The third-order valence-corrected chi connectivity index (χ3v) is 9.71. The van der Waals surface area contributed by atoms with Crippen LogP contribution >= 0.6 is 11.6 Å². The number of piperidine rings is 1. The van der Waals surface area contributed by atoms with E-state index >= 15 is 0 Å². The van der Waals surface area contributed by atoms with E-state index in [-0.39, 0.29) is 62.5 Å². The number of likely N-dealkylation sites (N-methyl/N-ethyl adjacent to an activating group) is 1. The molecule has 2 aliphatic heterocycles. The van der Waals surface area contributed by atoms with Gasteiger partial charge in [0.05, 0.1) is 6.54 Å². The standard InChI is InChI=1S/C42H41ClN4O6/c1-46(39(50)22-21-37(48)44-35-14-8-13-33-34(35)27-47(42(33)52)36-19-20-38(49)45-41(36)51)25-26-53-31-17-15-30(16-18-31)40(29-11-6-3-7-12-29)32(23-24-43)28-9-4-2-5-10-28/h2-18,36H,19-27H2,1H3,(H,44,48)(H,45,49,51). The van der Waals surface area contributed by atoms with Crippen LogP contribution in [-0.4, -0.2) is 71.5 Å². The Balaban J connectivity index is 1.01. The van der Waals surface area contributed by atoms with Crippen LogP contribution in [0.15, 0.2) is 103 Å². The van der Waals surface area contributed by atoms with E-state index in [0.29, 0.717) is 41.4 Å². The van der Waals surface area contributed by atoms with Crippen LogP contribution in [0, 0.1) is 0 Å². The van der Waals surface area contributed by atoms with Crippen molar-refractivity contribution in [2.75, 3.05) is 31.4 Å². The average Bonchev–Trinajstić information content (AvgIpc) is 3.51. The summed E-state index contributed by atoms with van der Waals surface area (Å²) >= 11 is 6.29. The molecule has 5 amide bonds. The fourth-order valence-corrected chi connectivity index (χ4v) is 6.93. The third-order valence-electron chi connectivity index (χ3n) is 9.52. The summed E-state index contributed by atoms with van der Waals surface area (Å²) in [6.07, 6.45) is 1.05. The summed E-state index contributed by atoms with van der Waals surface area (Å²) < 4.78 is 6.00. The van der Waals surface area contributed by atoms with Gasteiger partial charge in [-0.1, -0.05) is 78.9 Å². The number of carbonyl (C=O) groups excluding carboxylic acids is 5. The Morgan fingerprint density at radius 1 is 0.849 bits per heavy atom. The maximum absolute atomic E-state index is 13.1. The maximum atomic E-state index is 13.1. The molecule has 272 valence electrons. The van der Waals surface area contributed by atoms with Crippen LogP contribution in [0.4, 0.5) is 5.69 Å². The molecule has 0 saturated carbocycles. The lowest BCUT2D eigenvalue weighted by molar-refractivity contribution is -0.137. The molecule has 2 aliphatic rings. The molecule has 53 heavy (non-hydrogen) atoms. The van der Waals surface area contributed by atoms with Crippen molar-refractivity contribution < 1.29 is 28.7 Å². The number of rotatable bonds is 14. The van der Waals surface area contributed by atoms with E-state index in [1.54, 1.807) is 25.2 Å². The number of fused-ring (bicyclic) bond motifs is 1. The second-order valence-corrected chi connectivity index (χ2v) is 13.4.